The average molecular weight is 287 g/mol. The van der Waals surface area contributed by atoms with E-state index in [1.165, 1.54) is 18.2 Å². The van der Waals surface area contributed by atoms with Crippen LogP contribution in [-0.4, -0.2) is 32.3 Å². The molecule has 0 spiro atoms. The monoisotopic (exact) mass is 287 g/mol. The van der Waals surface area contributed by atoms with Crippen molar-refractivity contribution >= 4 is 15.8 Å². The molecular weight excluding hydrogens is 273 g/mol. The van der Waals surface area contributed by atoms with E-state index in [-0.39, 0.29) is 23.4 Å². The first-order chi connectivity index (χ1) is 8.80. The Morgan fingerprint density at radius 2 is 2.16 bits per heavy atom. The fraction of sp³-hybridized carbons (Fsp3) is 0.417. The van der Waals surface area contributed by atoms with Crippen molar-refractivity contribution in [3.8, 4) is 0 Å². The van der Waals surface area contributed by atoms with Crippen LogP contribution in [0.25, 0.3) is 0 Å². The first-order valence-corrected chi connectivity index (χ1v) is 7.64. The van der Waals surface area contributed by atoms with Gasteiger partial charge in [-0.2, -0.15) is 0 Å². The zero-order chi connectivity index (χ0) is 14.2. The van der Waals surface area contributed by atoms with E-state index < -0.39 is 33.6 Å². The second kappa shape index (κ2) is 4.90. The molecular formula is C12H14FNO4S. The lowest BCUT2D eigenvalue weighted by Gasteiger charge is -2.13. The summed E-state index contributed by atoms with van der Waals surface area (Å²) in [5.74, 6) is -2.31. The number of sulfone groups is 1. The van der Waals surface area contributed by atoms with Gasteiger partial charge in [-0.3, -0.25) is 4.79 Å². The number of carboxylic acid groups (broad SMARTS) is 1. The molecule has 1 aliphatic rings. The first-order valence-electron chi connectivity index (χ1n) is 5.75. The molecule has 1 aliphatic heterocycles. The molecule has 19 heavy (non-hydrogen) atoms. The summed E-state index contributed by atoms with van der Waals surface area (Å²) in [4.78, 5) is 10.5. The molecule has 5 nitrogen and oxygen atoms in total. The molecule has 1 aromatic rings. The highest BCUT2D eigenvalue weighted by Crippen LogP contribution is 2.31. The molecule has 0 radical (unpaired) electrons. The third kappa shape index (κ3) is 2.76. The molecule has 104 valence electrons. The lowest BCUT2D eigenvalue weighted by molar-refractivity contribution is -0.141. The molecule has 0 bridgehead atoms. The third-order valence-electron chi connectivity index (χ3n) is 3.25. The molecule has 1 heterocycles. The second-order valence-electron chi connectivity index (χ2n) is 4.66. The molecule has 7 heteroatoms. The Balaban J connectivity index is 2.35. The molecule has 2 rings (SSSR count). The first kappa shape index (κ1) is 14.0. The number of nitrogens with one attached hydrogen (secondary N) is 1. The van der Waals surface area contributed by atoms with E-state index in [1.807, 2.05) is 0 Å². The molecule has 2 N–H and O–H groups in total. The summed E-state index contributed by atoms with van der Waals surface area (Å²) >= 11 is 0. The van der Waals surface area contributed by atoms with Crippen molar-refractivity contribution in [2.45, 2.75) is 17.4 Å². The number of aliphatic carboxylic acids is 1. The quantitative estimate of drug-likeness (QED) is 0.865. The van der Waals surface area contributed by atoms with E-state index in [0.29, 0.717) is 0 Å². The van der Waals surface area contributed by atoms with Crippen LogP contribution >= 0.6 is 0 Å². The van der Waals surface area contributed by atoms with E-state index in [4.69, 9.17) is 5.11 Å². The van der Waals surface area contributed by atoms with Gasteiger partial charge in [0.2, 0.25) is 0 Å². The van der Waals surface area contributed by atoms with Crippen molar-refractivity contribution in [3.05, 3.63) is 29.6 Å². The van der Waals surface area contributed by atoms with Gasteiger partial charge in [0.05, 0.1) is 5.92 Å². The van der Waals surface area contributed by atoms with Gasteiger partial charge >= 0.3 is 5.97 Å². The fourth-order valence-corrected chi connectivity index (χ4v) is 3.01. The molecule has 1 aromatic carbocycles. The molecule has 0 saturated carbocycles. The number of hydrogen-bond acceptors (Lipinski definition) is 4. The van der Waals surface area contributed by atoms with Gasteiger partial charge in [0, 0.05) is 24.4 Å². The van der Waals surface area contributed by atoms with Gasteiger partial charge in [-0.1, -0.05) is 12.1 Å². The SMILES string of the molecule is CS(=O)(=O)c1cccc(C2CC(C(=O)O)CN2)c1F. The van der Waals surface area contributed by atoms with E-state index in [1.54, 1.807) is 0 Å². The summed E-state index contributed by atoms with van der Waals surface area (Å²) in [6.45, 7) is 0.253. The summed E-state index contributed by atoms with van der Waals surface area (Å²) < 4.78 is 37.1. The normalized spacial score (nSPS) is 23.5. The second-order valence-corrected chi connectivity index (χ2v) is 6.65. The maximum atomic E-state index is 14.2. The Labute approximate surface area is 110 Å². The van der Waals surface area contributed by atoms with Crippen LogP contribution in [0.1, 0.15) is 18.0 Å². The van der Waals surface area contributed by atoms with Gasteiger partial charge in [-0.15, -0.1) is 0 Å². The minimum atomic E-state index is -3.63. The maximum Gasteiger partial charge on any atom is 0.307 e. The highest BCUT2D eigenvalue weighted by Gasteiger charge is 2.32. The minimum Gasteiger partial charge on any atom is -0.481 e. The molecule has 2 unspecified atom stereocenters. The van der Waals surface area contributed by atoms with Crippen LogP contribution < -0.4 is 5.32 Å². The highest BCUT2D eigenvalue weighted by molar-refractivity contribution is 7.90. The van der Waals surface area contributed by atoms with E-state index in [9.17, 15) is 17.6 Å². The van der Waals surface area contributed by atoms with Gasteiger partial charge in [0.15, 0.2) is 9.84 Å². The Hall–Kier alpha value is -1.47. The van der Waals surface area contributed by atoms with Gasteiger partial charge in [0.25, 0.3) is 0 Å². The average Bonchev–Trinajstić information content (AvgIpc) is 2.77. The number of rotatable bonds is 3. The summed E-state index contributed by atoms with van der Waals surface area (Å²) in [5.41, 5.74) is 0.201. The number of halogens is 1. The van der Waals surface area contributed by atoms with E-state index >= 15 is 0 Å². The summed E-state index contributed by atoms with van der Waals surface area (Å²) in [6, 6.07) is 3.68. The van der Waals surface area contributed by atoms with Gasteiger partial charge in [0.1, 0.15) is 10.7 Å². The van der Waals surface area contributed by atoms with Crippen molar-refractivity contribution in [2.75, 3.05) is 12.8 Å². The molecule has 0 aliphatic carbocycles. The highest BCUT2D eigenvalue weighted by atomic mass is 32.2. The van der Waals surface area contributed by atoms with Gasteiger partial charge < -0.3 is 10.4 Å². The standard InChI is InChI=1S/C12H14FNO4S/c1-19(17,18)10-4-2-3-8(11(10)13)9-5-7(6-14-9)12(15)16/h2-4,7,9,14H,5-6H2,1H3,(H,15,16). The largest absolute Gasteiger partial charge is 0.481 e. The number of carbonyl (C=O) groups is 1. The number of hydrogen-bond donors (Lipinski definition) is 2. The van der Waals surface area contributed by atoms with Crippen LogP contribution in [-0.2, 0) is 14.6 Å². The minimum absolute atomic E-state index is 0.201. The van der Waals surface area contributed by atoms with Crippen LogP contribution in [0.3, 0.4) is 0 Å². The summed E-state index contributed by atoms with van der Waals surface area (Å²) in [7, 11) is -3.63. The maximum absolute atomic E-state index is 14.2. The van der Waals surface area contributed by atoms with Crippen molar-refractivity contribution < 1.29 is 22.7 Å². The number of benzene rings is 1. The third-order valence-corrected chi connectivity index (χ3v) is 4.36. The smallest absolute Gasteiger partial charge is 0.307 e. The summed E-state index contributed by atoms with van der Waals surface area (Å²) in [5, 5.41) is 11.8. The van der Waals surface area contributed by atoms with E-state index in [2.05, 4.69) is 5.32 Å². The Kier molecular flexibility index (Phi) is 3.60. The van der Waals surface area contributed by atoms with Crippen molar-refractivity contribution in [3.63, 3.8) is 0 Å². The summed E-state index contributed by atoms with van der Waals surface area (Å²) in [6.07, 6.45) is 1.19. The lowest BCUT2D eigenvalue weighted by atomic mass is 10.00. The van der Waals surface area contributed by atoms with Crippen LogP contribution in [0.4, 0.5) is 4.39 Å². The number of carboxylic acids is 1. The molecule has 2 atom stereocenters. The Morgan fingerprint density at radius 3 is 2.68 bits per heavy atom. The van der Waals surface area contributed by atoms with Gasteiger partial charge in [-0.05, 0) is 12.5 Å². The zero-order valence-electron chi connectivity index (χ0n) is 10.3. The van der Waals surface area contributed by atoms with E-state index in [0.717, 1.165) is 6.26 Å². The van der Waals surface area contributed by atoms with Crippen LogP contribution in [0.15, 0.2) is 23.1 Å². The molecule has 0 amide bonds. The molecule has 1 saturated heterocycles. The zero-order valence-corrected chi connectivity index (χ0v) is 11.1. The van der Waals surface area contributed by atoms with Crippen LogP contribution in [0.2, 0.25) is 0 Å². The van der Waals surface area contributed by atoms with Crippen molar-refractivity contribution in [2.24, 2.45) is 5.92 Å². The Bertz CT molecular complexity index is 614. The predicted molar refractivity (Wildman–Crippen MR) is 66.0 cm³/mol. The van der Waals surface area contributed by atoms with Crippen LogP contribution in [0.5, 0.6) is 0 Å². The molecule has 0 aromatic heterocycles. The molecule has 1 fully saturated rings. The van der Waals surface area contributed by atoms with Crippen molar-refractivity contribution in [1.29, 1.82) is 0 Å². The fourth-order valence-electron chi connectivity index (χ4n) is 2.24. The van der Waals surface area contributed by atoms with Crippen molar-refractivity contribution in [1.82, 2.24) is 5.32 Å². The van der Waals surface area contributed by atoms with Crippen LogP contribution in [0, 0.1) is 11.7 Å². The lowest BCUT2D eigenvalue weighted by Crippen LogP contribution is -2.18. The Morgan fingerprint density at radius 1 is 1.47 bits per heavy atom. The predicted octanol–water partition coefficient (Wildman–Crippen LogP) is 0.964. The topological polar surface area (TPSA) is 83.5 Å². The van der Waals surface area contributed by atoms with Gasteiger partial charge in [-0.25, -0.2) is 12.8 Å².